The molecular formula is C27H39F2N3O2. The Morgan fingerprint density at radius 1 is 1.18 bits per heavy atom. The van der Waals surface area contributed by atoms with Crippen LogP contribution in [0.5, 0.6) is 0 Å². The molecular weight excluding hydrogens is 436 g/mol. The van der Waals surface area contributed by atoms with Crippen LogP contribution in [0.1, 0.15) is 57.4 Å². The highest BCUT2D eigenvalue weighted by molar-refractivity contribution is 5.84. The fourth-order valence-electron chi connectivity index (χ4n) is 6.89. The van der Waals surface area contributed by atoms with Crippen molar-refractivity contribution in [1.29, 1.82) is 0 Å². The number of amides is 1. The number of alkyl halides is 2. The van der Waals surface area contributed by atoms with Gasteiger partial charge in [0.1, 0.15) is 0 Å². The average Bonchev–Trinajstić information content (AvgIpc) is 3.41. The molecule has 188 valence electrons. The Balaban J connectivity index is 1.18. The molecule has 2 aliphatic heterocycles. The summed E-state index contributed by atoms with van der Waals surface area (Å²) in [4.78, 5) is 18.0. The second-order valence-electron chi connectivity index (χ2n) is 11.1. The first-order valence-electron chi connectivity index (χ1n) is 13.2. The lowest BCUT2D eigenvalue weighted by Crippen LogP contribution is -2.53. The number of hydrogen-bond acceptors (Lipinski definition) is 4. The molecule has 5 nitrogen and oxygen atoms in total. The Labute approximate surface area is 202 Å². The van der Waals surface area contributed by atoms with Crippen molar-refractivity contribution in [3.8, 4) is 0 Å². The van der Waals surface area contributed by atoms with E-state index in [2.05, 4.69) is 15.1 Å². The minimum absolute atomic E-state index is 0.0430. The number of carbonyl (C=O) groups is 1. The maximum absolute atomic E-state index is 13.8. The molecule has 1 N–H and O–H groups in total. The maximum Gasteiger partial charge on any atom is 0.270 e. The van der Waals surface area contributed by atoms with E-state index in [4.69, 9.17) is 4.74 Å². The van der Waals surface area contributed by atoms with Gasteiger partial charge in [-0.05, 0) is 69.0 Å². The maximum atomic E-state index is 13.8. The molecule has 3 atom stereocenters. The van der Waals surface area contributed by atoms with E-state index in [1.54, 1.807) is 12.1 Å². The number of anilines is 1. The molecule has 2 saturated heterocycles. The van der Waals surface area contributed by atoms with Gasteiger partial charge in [0.15, 0.2) is 0 Å². The van der Waals surface area contributed by atoms with Gasteiger partial charge in [-0.25, -0.2) is 8.78 Å². The largest absolute Gasteiger partial charge is 0.381 e. The van der Waals surface area contributed by atoms with Crippen LogP contribution in [-0.4, -0.2) is 62.8 Å². The van der Waals surface area contributed by atoms with Crippen LogP contribution in [-0.2, 0) is 15.5 Å². The summed E-state index contributed by atoms with van der Waals surface area (Å²) in [5, 5.41) is 3.81. The van der Waals surface area contributed by atoms with Crippen LogP contribution in [0.15, 0.2) is 24.3 Å². The Morgan fingerprint density at radius 2 is 1.94 bits per heavy atom. The molecule has 2 aliphatic carbocycles. The summed E-state index contributed by atoms with van der Waals surface area (Å²) in [6, 6.07) is 7.11. The molecule has 0 spiro atoms. The van der Waals surface area contributed by atoms with Crippen LogP contribution >= 0.6 is 0 Å². The molecule has 34 heavy (non-hydrogen) atoms. The third-order valence-corrected chi connectivity index (χ3v) is 8.88. The first-order valence-corrected chi connectivity index (χ1v) is 13.2. The van der Waals surface area contributed by atoms with Crippen molar-refractivity contribution >= 4 is 11.6 Å². The number of fused-ring (bicyclic) bond motifs is 1. The summed E-state index contributed by atoms with van der Waals surface area (Å²) in [6.45, 7) is 6.44. The van der Waals surface area contributed by atoms with E-state index in [1.807, 2.05) is 6.07 Å². The number of benzene rings is 1. The van der Waals surface area contributed by atoms with E-state index < -0.39 is 5.92 Å². The molecule has 3 unspecified atom stereocenters. The second-order valence-corrected chi connectivity index (χ2v) is 11.1. The molecule has 4 aliphatic rings. The number of halogens is 2. The summed E-state index contributed by atoms with van der Waals surface area (Å²) >= 11 is 0. The highest BCUT2D eigenvalue weighted by atomic mass is 19.3. The minimum Gasteiger partial charge on any atom is -0.381 e. The summed E-state index contributed by atoms with van der Waals surface area (Å²) in [5.74, 6) is -1.31. The summed E-state index contributed by atoms with van der Waals surface area (Å²) in [7, 11) is 0. The third-order valence-electron chi connectivity index (χ3n) is 8.88. The molecule has 0 aromatic heterocycles. The lowest BCUT2D eigenvalue weighted by molar-refractivity contribution is -0.143. The van der Waals surface area contributed by atoms with Crippen molar-refractivity contribution in [3.63, 3.8) is 0 Å². The molecule has 1 amide bonds. The van der Waals surface area contributed by atoms with E-state index in [-0.39, 0.29) is 11.0 Å². The Hall–Kier alpha value is -1.73. The standard InChI is InChI=1S/C27H39F2N3O2/c1-26(28,29)21-4-2-6-24(17-21)31-10-12-32(13-11-31)25(33)27-9-3-5-22(27)16-23(18-27)30-19-20-7-14-34-15-8-20/h2,4,6,17,20,22-23,30H,3,5,7-16,18-19H2,1H3. The van der Waals surface area contributed by atoms with Crippen molar-refractivity contribution < 1.29 is 18.3 Å². The van der Waals surface area contributed by atoms with Gasteiger partial charge in [0.2, 0.25) is 5.91 Å². The number of piperazine rings is 1. The van der Waals surface area contributed by atoms with Crippen molar-refractivity contribution in [2.75, 3.05) is 50.8 Å². The van der Waals surface area contributed by atoms with Crippen molar-refractivity contribution in [2.45, 2.75) is 63.8 Å². The number of ether oxygens (including phenoxy) is 1. The van der Waals surface area contributed by atoms with Crippen molar-refractivity contribution in [3.05, 3.63) is 29.8 Å². The van der Waals surface area contributed by atoms with Crippen LogP contribution in [0.3, 0.4) is 0 Å². The highest BCUT2D eigenvalue weighted by Gasteiger charge is 2.56. The van der Waals surface area contributed by atoms with Crippen molar-refractivity contribution in [1.82, 2.24) is 10.2 Å². The Bertz CT molecular complexity index is 862. The van der Waals surface area contributed by atoms with Crippen LogP contribution in [0.2, 0.25) is 0 Å². The molecule has 4 fully saturated rings. The summed E-state index contributed by atoms with van der Waals surface area (Å²) < 4.78 is 33.0. The van der Waals surface area contributed by atoms with Crippen LogP contribution in [0.4, 0.5) is 14.5 Å². The highest BCUT2D eigenvalue weighted by Crippen LogP contribution is 2.55. The van der Waals surface area contributed by atoms with Gasteiger partial charge >= 0.3 is 0 Å². The predicted octanol–water partition coefficient (Wildman–Crippen LogP) is 4.41. The third kappa shape index (κ3) is 4.83. The Kier molecular flexibility index (Phi) is 6.86. The smallest absolute Gasteiger partial charge is 0.270 e. The number of nitrogens with zero attached hydrogens (tertiary/aromatic N) is 2. The quantitative estimate of drug-likeness (QED) is 0.662. The molecule has 7 heteroatoms. The zero-order valence-electron chi connectivity index (χ0n) is 20.4. The minimum atomic E-state index is -2.84. The number of carbonyl (C=O) groups excluding carboxylic acids is 1. The normalized spacial score (nSPS) is 30.6. The fraction of sp³-hybridized carbons (Fsp3) is 0.741. The number of hydrogen-bond donors (Lipinski definition) is 1. The van der Waals surface area contributed by atoms with E-state index in [0.29, 0.717) is 50.0 Å². The average molecular weight is 476 g/mol. The Morgan fingerprint density at radius 3 is 2.68 bits per heavy atom. The topological polar surface area (TPSA) is 44.8 Å². The summed E-state index contributed by atoms with van der Waals surface area (Å²) in [5.41, 5.74) is 0.669. The molecule has 0 radical (unpaired) electrons. The van der Waals surface area contributed by atoms with E-state index in [9.17, 15) is 13.6 Å². The second kappa shape index (κ2) is 9.73. The lowest BCUT2D eigenvalue weighted by Gasteiger charge is -2.41. The van der Waals surface area contributed by atoms with Gasteiger partial charge in [-0.1, -0.05) is 18.6 Å². The first kappa shape index (κ1) is 24.0. The predicted molar refractivity (Wildman–Crippen MR) is 129 cm³/mol. The van der Waals surface area contributed by atoms with Crippen molar-refractivity contribution in [2.24, 2.45) is 17.3 Å². The molecule has 1 aromatic rings. The SMILES string of the molecule is CC(F)(F)c1cccc(N2CCN(C(=O)C34CCCC3CC(NCC3CCOCC3)C4)CC2)c1. The molecule has 0 bridgehead atoms. The van der Waals surface area contributed by atoms with Crippen LogP contribution in [0, 0.1) is 17.3 Å². The van der Waals surface area contributed by atoms with E-state index >= 15 is 0 Å². The van der Waals surface area contributed by atoms with Gasteiger partial charge in [0, 0.05) is 63.6 Å². The number of nitrogens with one attached hydrogen (secondary N) is 1. The first-order chi connectivity index (χ1) is 16.3. The zero-order valence-corrected chi connectivity index (χ0v) is 20.4. The zero-order chi connectivity index (χ0) is 23.8. The van der Waals surface area contributed by atoms with Gasteiger partial charge < -0.3 is 19.9 Å². The molecule has 2 saturated carbocycles. The molecule has 2 heterocycles. The van der Waals surface area contributed by atoms with Gasteiger partial charge in [0.05, 0.1) is 5.41 Å². The monoisotopic (exact) mass is 475 g/mol. The van der Waals surface area contributed by atoms with Gasteiger partial charge in [-0.15, -0.1) is 0 Å². The lowest BCUT2D eigenvalue weighted by atomic mass is 9.78. The van der Waals surface area contributed by atoms with Crippen LogP contribution < -0.4 is 10.2 Å². The van der Waals surface area contributed by atoms with E-state index in [1.165, 1.54) is 12.5 Å². The van der Waals surface area contributed by atoms with Gasteiger partial charge in [-0.2, -0.15) is 0 Å². The number of rotatable bonds is 6. The summed E-state index contributed by atoms with van der Waals surface area (Å²) in [6.07, 6.45) is 7.69. The fourth-order valence-corrected chi connectivity index (χ4v) is 6.89. The molecule has 5 rings (SSSR count). The van der Waals surface area contributed by atoms with E-state index in [0.717, 1.165) is 70.9 Å². The van der Waals surface area contributed by atoms with Crippen LogP contribution in [0.25, 0.3) is 0 Å². The van der Waals surface area contributed by atoms with Gasteiger partial charge in [-0.3, -0.25) is 4.79 Å². The van der Waals surface area contributed by atoms with Gasteiger partial charge in [0.25, 0.3) is 5.92 Å². The molecule has 1 aromatic carbocycles.